The van der Waals surface area contributed by atoms with Crippen LogP contribution in [0.25, 0.3) is 11.0 Å². The highest BCUT2D eigenvalue weighted by Gasteiger charge is 2.21. The third-order valence-corrected chi connectivity index (χ3v) is 4.52. The molecule has 2 heterocycles. The van der Waals surface area contributed by atoms with Crippen LogP contribution in [-0.2, 0) is 20.7 Å². The van der Waals surface area contributed by atoms with E-state index in [1.165, 1.54) is 13.2 Å². The summed E-state index contributed by atoms with van der Waals surface area (Å²) in [6, 6.07) is 10.4. The van der Waals surface area contributed by atoms with Gasteiger partial charge in [-0.05, 0) is 31.2 Å². The van der Waals surface area contributed by atoms with Crippen LogP contribution in [0.5, 0.6) is 17.2 Å². The van der Waals surface area contributed by atoms with Crippen molar-refractivity contribution in [3.63, 3.8) is 0 Å². The van der Waals surface area contributed by atoms with E-state index in [1.54, 1.807) is 37.4 Å². The van der Waals surface area contributed by atoms with Crippen LogP contribution < -0.4 is 19.5 Å². The van der Waals surface area contributed by atoms with Gasteiger partial charge in [-0.3, -0.25) is 9.59 Å². The molecule has 1 aliphatic heterocycles. The van der Waals surface area contributed by atoms with Crippen molar-refractivity contribution < 1.29 is 33.0 Å². The predicted octanol–water partition coefficient (Wildman–Crippen LogP) is 3.28. The van der Waals surface area contributed by atoms with E-state index in [2.05, 4.69) is 5.32 Å². The third kappa shape index (κ3) is 3.96. The molecule has 3 aromatic rings. The Kier molecular flexibility index (Phi) is 4.99. The number of rotatable bonds is 6. The number of methoxy groups -OCH3 is 1. The van der Waals surface area contributed by atoms with Crippen molar-refractivity contribution in [2.45, 2.75) is 19.4 Å². The largest absolute Gasteiger partial charge is 0.497 e. The third-order valence-electron chi connectivity index (χ3n) is 4.52. The maximum atomic E-state index is 12.3. The number of anilines is 1. The number of fused-ring (bicyclic) bond motifs is 2. The average Bonchev–Trinajstić information content (AvgIpc) is 3.34. The summed E-state index contributed by atoms with van der Waals surface area (Å²) in [4.78, 5) is 24.6. The van der Waals surface area contributed by atoms with Crippen LogP contribution in [-0.4, -0.2) is 31.9 Å². The Bertz CT molecular complexity index is 1070. The van der Waals surface area contributed by atoms with Crippen LogP contribution in [0.1, 0.15) is 12.5 Å². The highest BCUT2D eigenvalue weighted by atomic mass is 16.7. The second kappa shape index (κ2) is 7.75. The van der Waals surface area contributed by atoms with Gasteiger partial charge in [-0.15, -0.1) is 0 Å². The Labute approximate surface area is 166 Å². The first kappa shape index (κ1) is 18.7. The monoisotopic (exact) mass is 397 g/mol. The maximum absolute atomic E-state index is 12.3. The van der Waals surface area contributed by atoms with E-state index in [4.69, 9.17) is 23.4 Å². The summed E-state index contributed by atoms with van der Waals surface area (Å²) in [5.74, 6) is 0.856. The molecule has 0 unspecified atom stereocenters. The lowest BCUT2D eigenvalue weighted by atomic mass is 10.1. The fourth-order valence-corrected chi connectivity index (χ4v) is 2.99. The zero-order valence-electron chi connectivity index (χ0n) is 15.9. The van der Waals surface area contributed by atoms with Gasteiger partial charge in [0.15, 0.2) is 17.6 Å². The standard InChI is InChI=1S/C21H19NO7/c1-12(21(24)22-14-3-6-17-19(8-14)28-11-27-17)29-20(23)7-13-10-26-18-9-15(25-2)4-5-16(13)18/h3-6,8-10,12H,7,11H2,1-2H3,(H,22,24)/t12-/m1/s1. The summed E-state index contributed by atoms with van der Waals surface area (Å²) in [6.45, 7) is 1.66. The van der Waals surface area contributed by atoms with Crippen LogP contribution in [0.15, 0.2) is 47.1 Å². The number of esters is 1. The molecule has 0 aliphatic carbocycles. The topological polar surface area (TPSA) is 96.2 Å². The molecule has 0 saturated carbocycles. The van der Waals surface area contributed by atoms with E-state index in [-0.39, 0.29) is 13.2 Å². The second-order valence-corrected chi connectivity index (χ2v) is 6.49. The minimum absolute atomic E-state index is 0.0129. The molecule has 0 saturated heterocycles. The Morgan fingerprint density at radius 3 is 2.79 bits per heavy atom. The molecule has 4 rings (SSSR count). The van der Waals surface area contributed by atoms with Gasteiger partial charge in [0, 0.05) is 28.8 Å². The molecule has 29 heavy (non-hydrogen) atoms. The summed E-state index contributed by atoms with van der Waals surface area (Å²) in [6.07, 6.45) is 0.523. The number of carbonyl (C=O) groups is 2. The smallest absolute Gasteiger partial charge is 0.311 e. The minimum atomic E-state index is -0.966. The first-order valence-corrected chi connectivity index (χ1v) is 8.97. The molecular weight excluding hydrogens is 378 g/mol. The van der Waals surface area contributed by atoms with Gasteiger partial charge in [0.25, 0.3) is 5.91 Å². The predicted molar refractivity (Wildman–Crippen MR) is 103 cm³/mol. The Morgan fingerprint density at radius 2 is 1.97 bits per heavy atom. The summed E-state index contributed by atoms with van der Waals surface area (Å²) in [7, 11) is 1.57. The molecule has 1 aliphatic rings. The van der Waals surface area contributed by atoms with E-state index >= 15 is 0 Å². The quantitative estimate of drug-likeness (QED) is 0.638. The Balaban J connectivity index is 1.36. The van der Waals surface area contributed by atoms with E-state index in [0.29, 0.717) is 34.1 Å². The van der Waals surface area contributed by atoms with Crippen LogP contribution in [0.3, 0.4) is 0 Å². The van der Waals surface area contributed by atoms with Crippen molar-refractivity contribution in [1.82, 2.24) is 0 Å². The molecule has 0 spiro atoms. The molecule has 0 bridgehead atoms. The molecule has 1 N–H and O–H groups in total. The fourth-order valence-electron chi connectivity index (χ4n) is 2.99. The van der Waals surface area contributed by atoms with Crippen LogP contribution in [0.2, 0.25) is 0 Å². The number of carbonyl (C=O) groups excluding carboxylic acids is 2. The lowest BCUT2D eigenvalue weighted by Crippen LogP contribution is -2.30. The highest BCUT2D eigenvalue weighted by molar-refractivity contribution is 5.95. The van der Waals surface area contributed by atoms with Crippen LogP contribution in [0.4, 0.5) is 5.69 Å². The number of benzene rings is 2. The van der Waals surface area contributed by atoms with E-state index in [0.717, 1.165) is 5.39 Å². The van der Waals surface area contributed by atoms with Crippen LogP contribution in [0, 0.1) is 0 Å². The van der Waals surface area contributed by atoms with Crippen LogP contribution >= 0.6 is 0 Å². The van der Waals surface area contributed by atoms with Crippen molar-refractivity contribution in [3.05, 3.63) is 48.2 Å². The normalized spacial score (nSPS) is 13.2. The second-order valence-electron chi connectivity index (χ2n) is 6.49. The van der Waals surface area contributed by atoms with Crippen molar-refractivity contribution in [1.29, 1.82) is 0 Å². The van der Waals surface area contributed by atoms with Gasteiger partial charge in [0.05, 0.1) is 19.8 Å². The highest BCUT2D eigenvalue weighted by Crippen LogP contribution is 2.34. The number of furan rings is 1. The van der Waals surface area contributed by atoms with E-state index in [1.807, 2.05) is 6.07 Å². The molecule has 150 valence electrons. The van der Waals surface area contributed by atoms with Gasteiger partial charge in [-0.25, -0.2) is 0 Å². The fraction of sp³-hybridized carbons (Fsp3) is 0.238. The summed E-state index contributed by atoms with van der Waals surface area (Å²) in [5, 5.41) is 3.49. The molecule has 1 aromatic heterocycles. The Morgan fingerprint density at radius 1 is 1.14 bits per heavy atom. The van der Waals surface area contributed by atoms with Crippen molar-refractivity contribution in [2.75, 3.05) is 19.2 Å². The number of hydrogen-bond donors (Lipinski definition) is 1. The van der Waals surface area contributed by atoms with E-state index in [9.17, 15) is 9.59 Å². The first-order chi connectivity index (χ1) is 14.0. The minimum Gasteiger partial charge on any atom is -0.497 e. The maximum Gasteiger partial charge on any atom is 0.311 e. The van der Waals surface area contributed by atoms with Crippen molar-refractivity contribution >= 4 is 28.5 Å². The first-order valence-electron chi connectivity index (χ1n) is 8.97. The van der Waals surface area contributed by atoms with Crippen molar-refractivity contribution in [3.8, 4) is 17.2 Å². The number of ether oxygens (including phenoxy) is 4. The van der Waals surface area contributed by atoms with Gasteiger partial charge in [-0.1, -0.05) is 0 Å². The molecule has 0 radical (unpaired) electrons. The number of hydrogen-bond acceptors (Lipinski definition) is 7. The number of amides is 1. The molecule has 1 amide bonds. The molecule has 8 nitrogen and oxygen atoms in total. The molecule has 1 atom stereocenters. The lowest BCUT2D eigenvalue weighted by molar-refractivity contribution is -0.152. The zero-order chi connectivity index (χ0) is 20.4. The molecular formula is C21H19NO7. The van der Waals surface area contributed by atoms with Gasteiger partial charge < -0.3 is 28.7 Å². The van der Waals surface area contributed by atoms with Gasteiger partial charge in [-0.2, -0.15) is 0 Å². The summed E-state index contributed by atoms with van der Waals surface area (Å²) < 4.78 is 26.4. The van der Waals surface area contributed by atoms with E-state index < -0.39 is 18.0 Å². The van der Waals surface area contributed by atoms with Crippen molar-refractivity contribution in [2.24, 2.45) is 0 Å². The van der Waals surface area contributed by atoms with Gasteiger partial charge in [0.2, 0.25) is 6.79 Å². The average molecular weight is 397 g/mol. The number of nitrogens with one attached hydrogen (secondary N) is 1. The molecule has 8 heteroatoms. The summed E-state index contributed by atoms with van der Waals surface area (Å²) in [5.41, 5.74) is 1.81. The van der Waals surface area contributed by atoms with Gasteiger partial charge >= 0.3 is 5.97 Å². The SMILES string of the molecule is COc1ccc2c(CC(=O)O[C@H](C)C(=O)Nc3ccc4c(c3)OCO4)coc2c1. The lowest BCUT2D eigenvalue weighted by Gasteiger charge is -2.13. The summed E-state index contributed by atoms with van der Waals surface area (Å²) >= 11 is 0. The molecule has 0 fully saturated rings. The zero-order valence-corrected chi connectivity index (χ0v) is 15.9. The van der Waals surface area contributed by atoms with Gasteiger partial charge in [0.1, 0.15) is 11.3 Å². The Hall–Kier alpha value is -3.68. The molecule has 2 aromatic carbocycles.